The van der Waals surface area contributed by atoms with Gasteiger partial charge >= 0.3 is 0 Å². The molecular weight excluding hydrogens is 360 g/mol. The van der Waals surface area contributed by atoms with E-state index < -0.39 is 8.32 Å². The summed E-state index contributed by atoms with van der Waals surface area (Å²) in [5.74, 6) is 0.921. The normalized spacial score (nSPS) is 13.0. The summed E-state index contributed by atoms with van der Waals surface area (Å²) in [5, 5.41) is 10.5. The first-order valence-electron chi connectivity index (χ1n) is 7.60. The molecule has 0 saturated carbocycles. The van der Waals surface area contributed by atoms with Crippen LogP contribution in [0.3, 0.4) is 0 Å². The second-order valence-electron chi connectivity index (χ2n) is 7.23. The maximum atomic E-state index is 9.27. The molecule has 0 radical (unpaired) electrons. The summed E-state index contributed by atoms with van der Waals surface area (Å²) >= 11 is 3.50. The second-order valence-corrected chi connectivity index (χ2v) is 12.9. The van der Waals surface area contributed by atoms with Crippen LogP contribution in [0.1, 0.15) is 32.1 Å². The van der Waals surface area contributed by atoms with Crippen molar-refractivity contribution in [3.8, 4) is 0 Å². The number of benzene rings is 1. The average molecular weight is 385 g/mol. The van der Waals surface area contributed by atoms with Crippen LogP contribution < -0.4 is 0 Å². The Balaban J connectivity index is 2.08. The number of aliphatic hydroxyl groups is 1. The number of halogens is 1. The molecule has 0 bridgehead atoms. The van der Waals surface area contributed by atoms with Crippen LogP contribution in [0.2, 0.25) is 18.1 Å². The molecule has 1 N–H and O–H groups in total. The monoisotopic (exact) mass is 384 g/mol. The molecular formula is C17H25BrO3Si. The van der Waals surface area contributed by atoms with Crippen LogP contribution in [0.25, 0.3) is 11.0 Å². The maximum absolute atomic E-state index is 9.27. The first-order chi connectivity index (χ1) is 10.1. The molecule has 2 rings (SSSR count). The fourth-order valence-corrected chi connectivity index (χ4v) is 3.71. The molecule has 122 valence electrons. The van der Waals surface area contributed by atoms with E-state index in [0.717, 1.165) is 33.2 Å². The molecule has 0 fully saturated rings. The highest BCUT2D eigenvalue weighted by atomic mass is 79.9. The number of hydrogen-bond donors (Lipinski definition) is 1. The largest absolute Gasteiger partial charge is 0.460 e. The lowest BCUT2D eigenvalue weighted by Gasteiger charge is -2.36. The van der Waals surface area contributed by atoms with Crippen molar-refractivity contribution in [2.24, 2.45) is 0 Å². The Labute approximate surface area is 141 Å². The van der Waals surface area contributed by atoms with Crippen molar-refractivity contribution < 1.29 is 13.9 Å². The van der Waals surface area contributed by atoms with Crippen molar-refractivity contribution in [2.45, 2.75) is 51.9 Å². The quantitative estimate of drug-likeness (QED) is 0.715. The summed E-state index contributed by atoms with van der Waals surface area (Å²) in [6.07, 6.45) is 0.766. The Morgan fingerprint density at radius 3 is 2.50 bits per heavy atom. The van der Waals surface area contributed by atoms with Gasteiger partial charge < -0.3 is 13.9 Å². The zero-order chi connectivity index (χ0) is 16.5. The number of hydrogen-bond acceptors (Lipinski definition) is 3. The molecule has 0 saturated heterocycles. The summed E-state index contributed by atoms with van der Waals surface area (Å²) in [6.45, 7) is 12.0. The first kappa shape index (κ1) is 17.7. The summed E-state index contributed by atoms with van der Waals surface area (Å²) < 4.78 is 13.0. The van der Waals surface area contributed by atoms with Gasteiger partial charge in [0, 0.05) is 18.4 Å². The SMILES string of the molecule is CC(C)(C)[Si](C)(C)OCCc1cc2cc(CO)cc(Br)c2o1. The van der Waals surface area contributed by atoms with Crippen molar-refractivity contribution in [3.05, 3.63) is 34.0 Å². The third kappa shape index (κ3) is 3.82. The number of rotatable bonds is 5. The zero-order valence-electron chi connectivity index (χ0n) is 14.0. The maximum Gasteiger partial charge on any atom is 0.191 e. The molecule has 3 nitrogen and oxygen atoms in total. The van der Waals surface area contributed by atoms with E-state index in [4.69, 9.17) is 8.84 Å². The van der Waals surface area contributed by atoms with E-state index in [2.05, 4.69) is 49.8 Å². The van der Waals surface area contributed by atoms with Crippen LogP contribution in [0, 0.1) is 0 Å². The van der Waals surface area contributed by atoms with Gasteiger partial charge in [-0.1, -0.05) is 20.8 Å². The molecule has 2 aromatic rings. The Hall–Kier alpha value is -0.623. The Bertz CT molecular complexity index is 656. The lowest BCUT2D eigenvalue weighted by Crippen LogP contribution is -2.41. The summed E-state index contributed by atoms with van der Waals surface area (Å²) in [7, 11) is -1.71. The van der Waals surface area contributed by atoms with Gasteiger partial charge in [-0.25, -0.2) is 0 Å². The number of fused-ring (bicyclic) bond motifs is 1. The van der Waals surface area contributed by atoms with Crippen LogP contribution in [0.5, 0.6) is 0 Å². The summed E-state index contributed by atoms with van der Waals surface area (Å²) in [4.78, 5) is 0. The minimum absolute atomic E-state index is 0.0313. The second kappa shape index (κ2) is 6.47. The standard InChI is InChI=1S/C17H25BrO3Si/c1-17(2,3)22(4,5)20-7-6-14-10-13-8-12(11-19)9-15(18)16(13)21-14/h8-10,19H,6-7,11H2,1-5H3. The van der Waals surface area contributed by atoms with Crippen LogP contribution >= 0.6 is 15.9 Å². The molecule has 0 spiro atoms. The van der Waals surface area contributed by atoms with Gasteiger partial charge in [0.05, 0.1) is 11.1 Å². The van der Waals surface area contributed by atoms with Crippen molar-refractivity contribution in [1.29, 1.82) is 0 Å². The van der Waals surface area contributed by atoms with E-state index in [9.17, 15) is 5.11 Å². The van der Waals surface area contributed by atoms with Gasteiger partial charge in [-0.2, -0.15) is 0 Å². The van der Waals surface area contributed by atoms with Crippen molar-refractivity contribution >= 4 is 35.2 Å². The molecule has 1 aromatic heterocycles. The third-order valence-corrected chi connectivity index (χ3v) is 9.61. The van der Waals surface area contributed by atoms with Gasteiger partial charge in [-0.15, -0.1) is 0 Å². The smallest absolute Gasteiger partial charge is 0.191 e. The summed E-state index contributed by atoms with van der Waals surface area (Å²) in [6, 6.07) is 5.89. The lowest BCUT2D eigenvalue weighted by molar-refractivity contribution is 0.282. The van der Waals surface area contributed by atoms with E-state index in [1.807, 2.05) is 18.2 Å². The van der Waals surface area contributed by atoms with Gasteiger partial charge in [0.15, 0.2) is 8.32 Å². The molecule has 0 atom stereocenters. The highest BCUT2D eigenvalue weighted by molar-refractivity contribution is 9.10. The van der Waals surface area contributed by atoms with Crippen LogP contribution in [0.4, 0.5) is 0 Å². The highest BCUT2D eigenvalue weighted by Gasteiger charge is 2.36. The van der Waals surface area contributed by atoms with Crippen LogP contribution in [-0.2, 0) is 17.5 Å². The van der Waals surface area contributed by atoms with E-state index in [1.54, 1.807) is 0 Å². The predicted octanol–water partition coefficient (Wildman–Crippen LogP) is 5.25. The fourth-order valence-electron chi connectivity index (χ4n) is 2.06. The van der Waals surface area contributed by atoms with Crippen molar-refractivity contribution in [2.75, 3.05) is 6.61 Å². The number of aliphatic hydroxyl groups excluding tert-OH is 1. The van der Waals surface area contributed by atoms with Crippen LogP contribution in [0.15, 0.2) is 27.1 Å². The molecule has 0 aliphatic rings. The van der Waals surface area contributed by atoms with Gasteiger partial charge in [0.2, 0.25) is 0 Å². The molecule has 0 amide bonds. The highest BCUT2D eigenvalue weighted by Crippen LogP contribution is 2.36. The van der Waals surface area contributed by atoms with E-state index in [0.29, 0.717) is 6.61 Å². The molecule has 1 heterocycles. The van der Waals surface area contributed by atoms with Gasteiger partial charge in [0.25, 0.3) is 0 Å². The number of furan rings is 1. The Morgan fingerprint density at radius 2 is 1.91 bits per heavy atom. The molecule has 5 heteroatoms. The molecule has 0 aliphatic heterocycles. The summed E-state index contributed by atoms with van der Waals surface area (Å²) in [5.41, 5.74) is 1.71. The minimum atomic E-state index is -1.71. The lowest BCUT2D eigenvalue weighted by atomic mass is 10.1. The molecule has 1 aromatic carbocycles. The predicted molar refractivity (Wildman–Crippen MR) is 96.7 cm³/mol. The van der Waals surface area contributed by atoms with E-state index in [1.165, 1.54) is 0 Å². The molecule has 0 unspecified atom stereocenters. The van der Waals surface area contributed by atoms with E-state index in [-0.39, 0.29) is 11.6 Å². The molecule has 0 aliphatic carbocycles. The van der Waals surface area contributed by atoms with Crippen LogP contribution in [-0.4, -0.2) is 20.0 Å². The van der Waals surface area contributed by atoms with E-state index >= 15 is 0 Å². The zero-order valence-corrected chi connectivity index (χ0v) is 16.6. The first-order valence-corrected chi connectivity index (χ1v) is 11.3. The van der Waals surface area contributed by atoms with Gasteiger partial charge in [0.1, 0.15) is 11.3 Å². The van der Waals surface area contributed by atoms with Crippen molar-refractivity contribution in [1.82, 2.24) is 0 Å². The third-order valence-electron chi connectivity index (χ3n) is 4.48. The van der Waals surface area contributed by atoms with Crippen molar-refractivity contribution in [3.63, 3.8) is 0 Å². The molecule has 22 heavy (non-hydrogen) atoms. The average Bonchev–Trinajstić information content (AvgIpc) is 2.80. The minimum Gasteiger partial charge on any atom is -0.460 e. The van der Waals surface area contributed by atoms with Gasteiger partial charge in [-0.3, -0.25) is 0 Å². The van der Waals surface area contributed by atoms with Gasteiger partial charge in [-0.05, 0) is 57.8 Å². The Kier molecular flexibility index (Phi) is 5.22. The topological polar surface area (TPSA) is 42.6 Å². The Morgan fingerprint density at radius 1 is 1.23 bits per heavy atom. The fraction of sp³-hybridized carbons (Fsp3) is 0.529.